The van der Waals surface area contributed by atoms with E-state index in [1.165, 1.54) is 12.7 Å². The summed E-state index contributed by atoms with van der Waals surface area (Å²) >= 11 is 0. The molecule has 0 heterocycles. The molecule has 4 fully saturated rings. The summed E-state index contributed by atoms with van der Waals surface area (Å²) in [5.41, 5.74) is 2.00. The predicted molar refractivity (Wildman–Crippen MR) is 178 cm³/mol. The molecule has 0 radical (unpaired) electrons. The third-order valence-electron chi connectivity index (χ3n) is 15.3. The van der Waals surface area contributed by atoms with Crippen molar-refractivity contribution >= 4 is 17.7 Å². The van der Waals surface area contributed by atoms with E-state index in [0.717, 1.165) is 56.9 Å². The third-order valence-corrected chi connectivity index (χ3v) is 15.3. The molecular weight excluding hydrogens is 558 g/mol. The van der Waals surface area contributed by atoms with Crippen molar-refractivity contribution in [2.75, 3.05) is 7.11 Å². The molecule has 5 aliphatic rings. The fourth-order valence-corrected chi connectivity index (χ4v) is 12.2. The number of allylic oxidation sites excluding steroid dienone is 2. The summed E-state index contributed by atoms with van der Waals surface area (Å²) in [4.78, 5) is 40.9. The average molecular weight is 616 g/mol. The summed E-state index contributed by atoms with van der Waals surface area (Å²) in [6.07, 6.45) is 11.7. The highest BCUT2D eigenvalue weighted by atomic mass is 16.5. The minimum absolute atomic E-state index is 0.00104. The topological polar surface area (TPSA) is 72.5 Å². The highest BCUT2D eigenvalue weighted by Crippen LogP contribution is 2.75. The molecule has 10 atom stereocenters. The number of rotatable bonds is 5. The Morgan fingerprint density at radius 2 is 1.64 bits per heavy atom. The van der Waals surface area contributed by atoms with Gasteiger partial charge in [0.25, 0.3) is 0 Å². The van der Waals surface area contributed by atoms with Gasteiger partial charge in [0.2, 0.25) is 5.91 Å². The van der Waals surface area contributed by atoms with E-state index in [1.807, 2.05) is 30.3 Å². The van der Waals surface area contributed by atoms with Gasteiger partial charge in [-0.1, -0.05) is 90.4 Å². The van der Waals surface area contributed by atoms with Crippen LogP contribution in [0.1, 0.15) is 112 Å². The van der Waals surface area contributed by atoms with Crippen LogP contribution < -0.4 is 5.32 Å². The first-order valence-electron chi connectivity index (χ1n) is 17.8. The van der Waals surface area contributed by atoms with Crippen molar-refractivity contribution < 1.29 is 19.1 Å². The van der Waals surface area contributed by atoms with Crippen LogP contribution in [0.3, 0.4) is 0 Å². The lowest BCUT2D eigenvalue weighted by Crippen LogP contribution is -2.66. The maximum Gasteiger partial charge on any atom is 0.328 e. The zero-order chi connectivity index (χ0) is 32.6. The predicted octanol–water partition coefficient (Wildman–Crippen LogP) is 8.11. The molecule has 6 rings (SSSR count). The lowest BCUT2D eigenvalue weighted by Gasteiger charge is -2.71. The van der Waals surface area contributed by atoms with Crippen molar-refractivity contribution in [1.29, 1.82) is 0 Å². The van der Waals surface area contributed by atoms with Crippen molar-refractivity contribution in [3.05, 3.63) is 47.5 Å². The van der Waals surface area contributed by atoms with Gasteiger partial charge in [-0.15, -0.1) is 0 Å². The fraction of sp³-hybridized carbons (Fsp3) is 0.725. The number of esters is 1. The minimum atomic E-state index is -0.710. The second-order valence-corrected chi connectivity index (χ2v) is 17.2. The maximum atomic E-state index is 14.7. The van der Waals surface area contributed by atoms with Crippen LogP contribution in [0, 0.1) is 56.7 Å². The summed E-state index contributed by atoms with van der Waals surface area (Å²) in [5.74, 6) is 2.11. The Labute approximate surface area is 271 Å². The molecule has 1 aromatic rings. The molecule has 0 bridgehead atoms. The Morgan fingerprint density at radius 3 is 2.33 bits per heavy atom. The van der Waals surface area contributed by atoms with Crippen LogP contribution in [-0.2, 0) is 25.5 Å². The van der Waals surface area contributed by atoms with E-state index in [-0.39, 0.29) is 39.5 Å². The molecule has 0 aliphatic heterocycles. The molecule has 1 amide bonds. The average Bonchev–Trinajstić information content (AvgIpc) is 3.01. The van der Waals surface area contributed by atoms with Crippen molar-refractivity contribution in [3.63, 3.8) is 0 Å². The molecule has 4 saturated carbocycles. The monoisotopic (exact) mass is 615 g/mol. The molecule has 45 heavy (non-hydrogen) atoms. The van der Waals surface area contributed by atoms with Gasteiger partial charge < -0.3 is 10.1 Å². The largest absolute Gasteiger partial charge is 0.467 e. The number of ketones is 1. The van der Waals surface area contributed by atoms with Gasteiger partial charge >= 0.3 is 5.97 Å². The van der Waals surface area contributed by atoms with Crippen molar-refractivity contribution in [2.24, 2.45) is 56.7 Å². The van der Waals surface area contributed by atoms with Crippen LogP contribution in [0.5, 0.6) is 0 Å². The van der Waals surface area contributed by atoms with Crippen LogP contribution in [0.4, 0.5) is 0 Å². The number of nitrogens with one attached hydrogen (secondary N) is 1. The quantitative estimate of drug-likeness (QED) is 0.268. The number of Topliss-reactive ketones (excluding diaryl/α,β-unsaturated/α-hetero) is 1. The van der Waals surface area contributed by atoms with Gasteiger partial charge in [0.05, 0.1) is 12.5 Å². The summed E-state index contributed by atoms with van der Waals surface area (Å²) in [6.45, 7) is 16.8. The molecule has 5 nitrogen and oxygen atoms in total. The Balaban J connectivity index is 1.37. The Morgan fingerprint density at radius 1 is 0.933 bits per heavy atom. The van der Waals surface area contributed by atoms with Crippen molar-refractivity contribution in [1.82, 2.24) is 5.32 Å². The molecule has 0 spiro atoms. The van der Waals surface area contributed by atoms with Crippen LogP contribution in [0.25, 0.3) is 0 Å². The highest BCUT2D eigenvalue weighted by molar-refractivity contribution is 5.89. The molecule has 5 aliphatic carbocycles. The van der Waals surface area contributed by atoms with E-state index < -0.39 is 11.5 Å². The van der Waals surface area contributed by atoms with Gasteiger partial charge in [-0.25, -0.2) is 4.79 Å². The first-order chi connectivity index (χ1) is 21.2. The van der Waals surface area contributed by atoms with Crippen LogP contribution in [0.15, 0.2) is 42.0 Å². The summed E-state index contributed by atoms with van der Waals surface area (Å²) in [7, 11) is 1.41. The number of carbonyl (C=O) groups excluding carboxylic acids is 3. The highest BCUT2D eigenvalue weighted by Gasteiger charge is 2.69. The SMILES string of the molecule is COC(=O)C(Cc1ccccc1)NC(=O)[C@]12CC[C@@H](C)[C@H](C)[C@H]1C1=CC[C@@H]3[C@@]4(C)CCC(=O)C(C)(C)[C@@H]4CC[C@@]3(C)[C@]1(C)CC2. The van der Waals surface area contributed by atoms with Gasteiger partial charge in [0.15, 0.2) is 0 Å². The van der Waals surface area contributed by atoms with E-state index in [0.29, 0.717) is 42.3 Å². The first-order valence-corrected chi connectivity index (χ1v) is 17.8. The number of benzene rings is 1. The standard InChI is InChI=1S/C40H57NO4/c1-25-16-21-40(35(44)41-29(34(43)45-8)24-27-12-10-9-11-13-27)23-22-38(6)28(33(40)26(25)2)14-15-31-37(5)19-18-32(42)36(3,4)30(37)17-20-39(31,38)7/h9-14,25-26,29-31,33H,15-24H2,1-8H3,(H,41,44)/t25-,26+,29?,30+,31-,33+,37+,38-,39-,40+/m1/s1. The number of methoxy groups -OCH3 is 1. The Hall–Kier alpha value is -2.43. The molecule has 1 N–H and O–H groups in total. The second kappa shape index (κ2) is 11.1. The molecule has 1 unspecified atom stereocenters. The van der Waals surface area contributed by atoms with Gasteiger partial charge in [-0.3, -0.25) is 9.59 Å². The number of hydrogen-bond acceptors (Lipinski definition) is 4. The van der Waals surface area contributed by atoms with Gasteiger partial charge in [0.1, 0.15) is 11.8 Å². The molecule has 5 heteroatoms. The Kier molecular flexibility index (Phi) is 8.01. The van der Waals surface area contributed by atoms with Crippen molar-refractivity contribution in [3.8, 4) is 0 Å². The fourth-order valence-electron chi connectivity index (χ4n) is 12.2. The van der Waals surface area contributed by atoms with Crippen LogP contribution >= 0.6 is 0 Å². The number of fused-ring (bicyclic) bond motifs is 7. The van der Waals surface area contributed by atoms with Gasteiger partial charge in [0, 0.05) is 18.3 Å². The molecule has 246 valence electrons. The summed E-state index contributed by atoms with van der Waals surface area (Å²) < 4.78 is 5.21. The third kappa shape index (κ3) is 4.63. The van der Waals surface area contributed by atoms with E-state index in [2.05, 4.69) is 59.9 Å². The molecular formula is C40H57NO4. The second-order valence-electron chi connectivity index (χ2n) is 17.2. The maximum absolute atomic E-state index is 14.7. The number of carbonyl (C=O) groups is 3. The Bertz CT molecular complexity index is 1380. The molecule has 0 aromatic heterocycles. The van der Waals surface area contributed by atoms with Crippen molar-refractivity contribution in [2.45, 2.75) is 119 Å². The summed E-state index contributed by atoms with van der Waals surface area (Å²) in [5, 5.41) is 3.27. The van der Waals surface area contributed by atoms with Gasteiger partial charge in [-0.05, 0) is 103 Å². The van der Waals surface area contributed by atoms with E-state index >= 15 is 0 Å². The zero-order valence-electron chi connectivity index (χ0n) is 29.1. The van der Waals surface area contributed by atoms with E-state index in [1.54, 1.807) is 0 Å². The van der Waals surface area contributed by atoms with Crippen LogP contribution in [-0.4, -0.2) is 30.8 Å². The lowest BCUT2D eigenvalue weighted by atomic mass is 9.33. The number of hydrogen-bond donors (Lipinski definition) is 1. The zero-order valence-corrected chi connectivity index (χ0v) is 29.1. The van der Waals surface area contributed by atoms with Gasteiger partial charge in [-0.2, -0.15) is 0 Å². The first kappa shape index (κ1) is 32.5. The van der Waals surface area contributed by atoms with Crippen LogP contribution in [0.2, 0.25) is 0 Å². The molecule has 0 saturated heterocycles. The van der Waals surface area contributed by atoms with E-state index in [9.17, 15) is 14.4 Å². The number of ether oxygens (including phenoxy) is 1. The summed E-state index contributed by atoms with van der Waals surface area (Å²) in [6, 6.07) is 9.20. The minimum Gasteiger partial charge on any atom is -0.467 e. The molecule has 1 aromatic carbocycles. The number of amides is 1. The van der Waals surface area contributed by atoms with E-state index in [4.69, 9.17) is 4.74 Å². The normalized spacial score (nSPS) is 42.5. The lowest BCUT2D eigenvalue weighted by molar-refractivity contribution is -0.187. The smallest absolute Gasteiger partial charge is 0.328 e.